The molecular weight excluding hydrogens is 366 g/mol. The van der Waals surface area contributed by atoms with Crippen molar-refractivity contribution in [2.75, 3.05) is 0 Å². The van der Waals surface area contributed by atoms with Crippen LogP contribution in [0.5, 0.6) is 0 Å². The van der Waals surface area contributed by atoms with E-state index in [9.17, 15) is 0 Å². The molecule has 2 aromatic carbocycles. The third kappa shape index (κ3) is 3.83. The maximum absolute atomic E-state index is 4.91. The van der Waals surface area contributed by atoms with E-state index in [2.05, 4.69) is 65.7 Å². The number of hydrogen-bond acceptors (Lipinski definition) is 3. The number of aromatic nitrogens is 3. The highest BCUT2D eigenvalue weighted by atomic mass is 14.9. The van der Waals surface area contributed by atoms with Crippen LogP contribution in [0.3, 0.4) is 0 Å². The molecule has 0 atom stereocenters. The van der Waals surface area contributed by atoms with Crippen LogP contribution < -0.4 is 0 Å². The van der Waals surface area contributed by atoms with E-state index in [-0.39, 0.29) is 0 Å². The lowest BCUT2D eigenvalue weighted by Crippen LogP contribution is -1.98. The van der Waals surface area contributed by atoms with Gasteiger partial charge in [0.2, 0.25) is 0 Å². The van der Waals surface area contributed by atoms with Crippen LogP contribution in [0, 0.1) is 0 Å². The highest BCUT2D eigenvalue weighted by Gasteiger charge is 2.12. The van der Waals surface area contributed by atoms with E-state index in [1.165, 1.54) is 0 Å². The first-order chi connectivity index (χ1) is 14.9. The number of benzene rings is 2. The first-order valence-electron chi connectivity index (χ1n) is 10.2. The Balaban J connectivity index is 1.58. The van der Waals surface area contributed by atoms with Crippen LogP contribution in [0.4, 0.5) is 0 Å². The quantitative estimate of drug-likeness (QED) is 0.396. The van der Waals surface area contributed by atoms with Gasteiger partial charge >= 0.3 is 0 Å². The summed E-state index contributed by atoms with van der Waals surface area (Å²) in [7, 11) is 0. The molecule has 0 saturated heterocycles. The summed E-state index contributed by atoms with van der Waals surface area (Å²) in [4.78, 5) is 14.2. The van der Waals surface area contributed by atoms with Gasteiger partial charge in [-0.1, -0.05) is 78.9 Å². The Morgan fingerprint density at radius 2 is 1.33 bits per heavy atom. The third-order valence-electron chi connectivity index (χ3n) is 5.19. The molecule has 3 heteroatoms. The summed E-state index contributed by atoms with van der Waals surface area (Å²) in [5.74, 6) is 0.735. The molecule has 1 aliphatic carbocycles. The molecule has 3 nitrogen and oxygen atoms in total. The van der Waals surface area contributed by atoms with Gasteiger partial charge in [-0.15, -0.1) is 0 Å². The monoisotopic (exact) mass is 387 g/mol. The van der Waals surface area contributed by atoms with Gasteiger partial charge in [-0.05, 0) is 36.6 Å². The van der Waals surface area contributed by atoms with Gasteiger partial charge in [-0.3, -0.25) is 4.98 Å². The number of pyridine rings is 1. The van der Waals surface area contributed by atoms with Crippen molar-refractivity contribution in [3.8, 4) is 33.9 Å². The van der Waals surface area contributed by atoms with Crippen LogP contribution in [0.15, 0.2) is 103 Å². The Morgan fingerprint density at radius 1 is 0.600 bits per heavy atom. The zero-order valence-electron chi connectivity index (χ0n) is 16.6. The first-order valence-corrected chi connectivity index (χ1v) is 10.2. The second kappa shape index (κ2) is 8.26. The first kappa shape index (κ1) is 18.2. The van der Waals surface area contributed by atoms with Gasteiger partial charge < -0.3 is 0 Å². The number of allylic oxidation sites excluding steroid dienone is 4. The fraction of sp³-hybridized carbons (Fsp3) is 0.0741. The fourth-order valence-corrected chi connectivity index (χ4v) is 3.61. The van der Waals surface area contributed by atoms with Crippen LogP contribution in [0.1, 0.15) is 18.5 Å². The molecule has 0 spiro atoms. The summed E-state index contributed by atoms with van der Waals surface area (Å²) < 4.78 is 0. The van der Waals surface area contributed by atoms with Gasteiger partial charge in [0.1, 0.15) is 0 Å². The average molecular weight is 387 g/mol. The van der Waals surface area contributed by atoms with Crippen molar-refractivity contribution >= 4 is 5.57 Å². The Labute approximate surface area is 176 Å². The van der Waals surface area contributed by atoms with Crippen LogP contribution in [-0.2, 0) is 0 Å². The van der Waals surface area contributed by atoms with Crippen LogP contribution in [-0.4, -0.2) is 15.0 Å². The molecule has 2 heterocycles. The summed E-state index contributed by atoms with van der Waals surface area (Å²) in [6.45, 7) is 0. The molecule has 144 valence electrons. The van der Waals surface area contributed by atoms with Gasteiger partial charge in [-0.2, -0.15) is 0 Å². The highest BCUT2D eigenvalue weighted by Crippen LogP contribution is 2.28. The molecule has 0 radical (unpaired) electrons. The Kier molecular flexibility index (Phi) is 5.01. The third-order valence-corrected chi connectivity index (χ3v) is 5.19. The van der Waals surface area contributed by atoms with E-state index >= 15 is 0 Å². The topological polar surface area (TPSA) is 38.7 Å². The standard InChI is InChI=1S/C27H21N3/c1-3-9-20(10-4-1)25-19-26(21-11-5-2-6-12-21)30-27(29-25)23-16-14-22(15-17-23)24-13-7-8-18-28-24/h1,3-5,7-19H,2,6H2. The largest absolute Gasteiger partial charge is 0.256 e. The summed E-state index contributed by atoms with van der Waals surface area (Å²) in [5.41, 5.74) is 7.18. The fourth-order valence-electron chi connectivity index (χ4n) is 3.61. The van der Waals surface area contributed by atoms with E-state index in [0.29, 0.717) is 0 Å². The SMILES string of the molecule is C1=CC(c2cc(-c3ccccc3)nc(-c3ccc(-c4ccccn4)cc3)n2)=CCC1. The van der Waals surface area contributed by atoms with E-state index in [0.717, 1.165) is 58.0 Å². The Hall–Kier alpha value is -3.85. The van der Waals surface area contributed by atoms with Crippen molar-refractivity contribution in [1.82, 2.24) is 15.0 Å². The van der Waals surface area contributed by atoms with Crippen molar-refractivity contribution in [1.29, 1.82) is 0 Å². The molecule has 0 saturated carbocycles. The molecule has 4 aromatic rings. The lowest BCUT2D eigenvalue weighted by atomic mass is 10.0. The van der Waals surface area contributed by atoms with Crippen molar-refractivity contribution in [2.24, 2.45) is 0 Å². The highest BCUT2D eigenvalue weighted by molar-refractivity contribution is 5.77. The Morgan fingerprint density at radius 3 is 2.07 bits per heavy atom. The molecule has 0 amide bonds. The molecule has 30 heavy (non-hydrogen) atoms. The molecule has 1 aliphatic rings. The number of rotatable bonds is 4. The van der Waals surface area contributed by atoms with Gasteiger partial charge in [-0.25, -0.2) is 9.97 Å². The zero-order chi connectivity index (χ0) is 20.2. The maximum atomic E-state index is 4.91. The zero-order valence-corrected chi connectivity index (χ0v) is 16.6. The molecule has 0 aliphatic heterocycles. The van der Waals surface area contributed by atoms with Gasteiger partial charge in [0, 0.05) is 22.9 Å². The minimum absolute atomic E-state index is 0.735. The minimum atomic E-state index is 0.735. The van der Waals surface area contributed by atoms with Crippen molar-refractivity contribution in [3.05, 3.63) is 109 Å². The van der Waals surface area contributed by atoms with Gasteiger partial charge in [0.15, 0.2) is 5.82 Å². The maximum Gasteiger partial charge on any atom is 0.160 e. The van der Waals surface area contributed by atoms with E-state index in [1.54, 1.807) is 0 Å². The van der Waals surface area contributed by atoms with Gasteiger partial charge in [0.05, 0.1) is 17.1 Å². The van der Waals surface area contributed by atoms with E-state index < -0.39 is 0 Å². The average Bonchev–Trinajstić information content (AvgIpc) is 2.85. The van der Waals surface area contributed by atoms with Gasteiger partial charge in [0.25, 0.3) is 0 Å². The molecule has 5 rings (SSSR count). The smallest absolute Gasteiger partial charge is 0.160 e. The molecule has 0 fully saturated rings. The van der Waals surface area contributed by atoms with Crippen molar-refractivity contribution in [2.45, 2.75) is 12.8 Å². The number of hydrogen-bond donors (Lipinski definition) is 0. The van der Waals surface area contributed by atoms with Crippen LogP contribution in [0.2, 0.25) is 0 Å². The van der Waals surface area contributed by atoms with Crippen molar-refractivity contribution in [3.63, 3.8) is 0 Å². The molecule has 0 unspecified atom stereocenters. The number of nitrogens with zero attached hydrogens (tertiary/aromatic N) is 3. The summed E-state index contributed by atoms with van der Waals surface area (Å²) >= 11 is 0. The second-order valence-electron chi connectivity index (χ2n) is 7.26. The predicted octanol–water partition coefficient (Wildman–Crippen LogP) is 6.61. The second-order valence-corrected chi connectivity index (χ2v) is 7.26. The summed E-state index contributed by atoms with van der Waals surface area (Å²) in [6.07, 6.45) is 10.6. The molecule has 0 N–H and O–H groups in total. The molecule has 2 aromatic heterocycles. The normalized spacial score (nSPS) is 13.1. The molecular formula is C27H21N3. The summed E-state index contributed by atoms with van der Waals surface area (Å²) in [5, 5.41) is 0. The van der Waals surface area contributed by atoms with Crippen molar-refractivity contribution < 1.29 is 0 Å². The van der Waals surface area contributed by atoms with Crippen LogP contribution in [0.25, 0.3) is 39.5 Å². The predicted molar refractivity (Wildman–Crippen MR) is 122 cm³/mol. The van der Waals surface area contributed by atoms with E-state index in [1.807, 2.05) is 42.6 Å². The van der Waals surface area contributed by atoms with E-state index in [4.69, 9.17) is 9.97 Å². The molecule has 0 bridgehead atoms. The lowest BCUT2D eigenvalue weighted by Gasteiger charge is -2.12. The summed E-state index contributed by atoms with van der Waals surface area (Å²) in [6, 6.07) is 26.6. The van der Waals surface area contributed by atoms with Crippen LogP contribution >= 0.6 is 0 Å². The minimum Gasteiger partial charge on any atom is -0.256 e. The Bertz CT molecular complexity index is 1210. The lowest BCUT2D eigenvalue weighted by molar-refractivity contribution is 1.03.